The lowest BCUT2D eigenvalue weighted by Gasteiger charge is -2.47. The number of hydroxylamine groups is 1. The number of nitrogens with one attached hydrogen (secondary N) is 2. The Hall–Kier alpha value is -2.25. The number of pyridine rings is 1. The zero-order chi connectivity index (χ0) is 21.8. The normalized spacial score (nSPS) is 28.0. The van der Waals surface area contributed by atoms with E-state index < -0.39 is 17.4 Å². The first-order valence-corrected chi connectivity index (χ1v) is 11.6. The first kappa shape index (κ1) is 22.0. The van der Waals surface area contributed by atoms with Gasteiger partial charge in [-0.15, -0.1) is 0 Å². The van der Waals surface area contributed by atoms with Crippen LogP contribution < -0.4 is 10.8 Å². The van der Waals surface area contributed by atoms with Crippen LogP contribution in [-0.4, -0.2) is 32.7 Å². The molecular weight excluding hydrogens is 394 g/mol. The molecule has 2 bridgehead atoms. The number of aliphatic carboxylic acids is 1. The minimum absolute atomic E-state index is 0.176. The predicted molar refractivity (Wildman–Crippen MR) is 116 cm³/mol. The summed E-state index contributed by atoms with van der Waals surface area (Å²) in [4.78, 5) is 28.4. The Morgan fingerprint density at radius 2 is 1.94 bits per heavy atom. The van der Waals surface area contributed by atoms with Crippen LogP contribution >= 0.6 is 0 Å². The van der Waals surface area contributed by atoms with Gasteiger partial charge < -0.3 is 5.11 Å². The van der Waals surface area contributed by atoms with E-state index in [1.807, 2.05) is 6.07 Å². The molecule has 1 aromatic heterocycles. The highest BCUT2D eigenvalue weighted by Gasteiger charge is 2.57. The second-order valence-electron chi connectivity index (χ2n) is 9.54. The molecule has 0 saturated heterocycles. The largest absolute Gasteiger partial charge is 0.480 e. The fourth-order valence-corrected chi connectivity index (χ4v) is 6.43. The molecule has 3 fully saturated rings. The number of hydrogen-bond acceptors (Lipinski definition) is 5. The van der Waals surface area contributed by atoms with Crippen LogP contribution in [0.15, 0.2) is 24.4 Å². The van der Waals surface area contributed by atoms with Crippen molar-refractivity contribution in [2.24, 2.45) is 23.7 Å². The third-order valence-corrected chi connectivity index (χ3v) is 7.87. The number of aromatic nitrogens is 1. The fourth-order valence-electron chi connectivity index (χ4n) is 6.43. The van der Waals surface area contributed by atoms with Crippen molar-refractivity contribution in [1.29, 1.82) is 0 Å². The lowest BCUT2D eigenvalue weighted by atomic mass is 9.63. The molecule has 3 aliphatic rings. The van der Waals surface area contributed by atoms with Crippen LogP contribution in [0.25, 0.3) is 6.08 Å². The molecule has 7 heteroatoms. The monoisotopic (exact) mass is 427 g/mol. The molecule has 0 radical (unpaired) electrons. The van der Waals surface area contributed by atoms with Gasteiger partial charge in [-0.1, -0.05) is 31.7 Å². The number of nitrogens with zero attached hydrogens (tertiary/aromatic N) is 1. The Labute approximate surface area is 183 Å². The summed E-state index contributed by atoms with van der Waals surface area (Å²) in [5.74, 6) is 0.313. The third kappa shape index (κ3) is 4.53. The van der Waals surface area contributed by atoms with Crippen molar-refractivity contribution in [1.82, 2.24) is 15.8 Å². The highest BCUT2D eigenvalue weighted by Crippen LogP contribution is 2.55. The molecule has 168 valence electrons. The molecule has 4 rings (SSSR count). The van der Waals surface area contributed by atoms with E-state index in [0.717, 1.165) is 37.7 Å². The second kappa shape index (κ2) is 9.49. The molecule has 7 nitrogen and oxygen atoms in total. The second-order valence-corrected chi connectivity index (χ2v) is 9.54. The summed E-state index contributed by atoms with van der Waals surface area (Å²) in [5, 5.41) is 22.7. The SMILES string of the molecule is O=C(/C=C/c1ccc(CN[C@@](C(=O)O)(C2CCCCC2)C2CC3CCC2C3)cn1)NO. The maximum absolute atomic E-state index is 12.9. The lowest BCUT2D eigenvalue weighted by Crippen LogP contribution is -2.63. The minimum atomic E-state index is -0.863. The summed E-state index contributed by atoms with van der Waals surface area (Å²) in [5.41, 5.74) is 2.20. The van der Waals surface area contributed by atoms with Gasteiger partial charge in [0.2, 0.25) is 0 Å². The Bertz CT molecular complexity index is 819. The molecule has 0 spiro atoms. The maximum atomic E-state index is 12.9. The average Bonchev–Trinajstić information content (AvgIpc) is 3.43. The van der Waals surface area contributed by atoms with Gasteiger partial charge in [-0.05, 0) is 73.5 Å². The zero-order valence-electron chi connectivity index (χ0n) is 17.9. The van der Waals surface area contributed by atoms with Gasteiger partial charge in [0.05, 0.1) is 5.69 Å². The van der Waals surface area contributed by atoms with E-state index in [9.17, 15) is 14.7 Å². The quantitative estimate of drug-likeness (QED) is 0.287. The molecule has 1 amide bonds. The molecule has 0 aliphatic heterocycles. The van der Waals surface area contributed by atoms with Crippen LogP contribution in [0.1, 0.15) is 69.0 Å². The van der Waals surface area contributed by atoms with Gasteiger partial charge >= 0.3 is 5.97 Å². The average molecular weight is 428 g/mol. The van der Waals surface area contributed by atoms with Crippen molar-refractivity contribution in [3.63, 3.8) is 0 Å². The molecule has 0 aromatic carbocycles. The predicted octanol–water partition coefficient (Wildman–Crippen LogP) is 3.53. The lowest BCUT2D eigenvalue weighted by molar-refractivity contribution is -0.153. The van der Waals surface area contributed by atoms with Crippen molar-refractivity contribution >= 4 is 18.0 Å². The first-order chi connectivity index (χ1) is 15.0. The van der Waals surface area contributed by atoms with E-state index in [2.05, 4.69) is 10.3 Å². The van der Waals surface area contributed by atoms with E-state index in [1.54, 1.807) is 17.7 Å². The summed E-state index contributed by atoms with van der Waals surface area (Å²) in [6, 6.07) is 3.70. The van der Waals surface area contributed by atoms with Crippen LogP contribution in [-0.2, 0) is 16.1 Å². The number of carbonyl (C=O) groups excluding carboxylic acids is 1. The van der Waals surface area contributed by atoms with Crippen molar-refractivity contribution in [3.05, 3.63) is 35.7 Å². The van der Waals surface area contributed by atoms with Gasteiger partial charge in [0.1, 0.15) is 5.54 Å². The fraction of sp³-hybridized carbons (Fsp3) is 0.625. The summed E-state index contributed by atoms with van der Waals surface area (Å²) >= 11 is 0. The van der Waals surface area contributed by atoms with Gasteiger partial charge in [-0.25, -0.2) is 5.48 Å². The molecule has 31 heavy (non-hydrogen) atoms. The van der Waals surface area contributed by atoms with Crippen LogP contribution in [0.3, 0.4) is 0 Å². The van der Waals surface area contributed by atoms with Crippen LogP contribution in [0.2, 0.25) is 0 Å². The number of rotatable bonds is 8. The molecule has 4 atom stereocenters. The van der Waals surface area contributed by atoms with E-state index in [4.69, 9.17) is 5.21 Å². The summed E-state index contributed by atoms with van der Waals surface area (Å²) in [6.07, 6.45) is 14.5. The van der Waals surface area contributed by atoms with E-state index in [1.165, 1.54) is 37.8 Å². The summed E-state index contributed by atoms with van der Waals surface area (Å²) in [6.45, 7) is 0.463. The zero-order valence-corrected chi connectivity index (χ0v) is 17.9. The molecular formula is C24H33N3O4. The van der Waals surface area contributed by atoms with Crippen molar-refractivity contribution in [2.45, 2.75) is 69.9 Å². The molecule has 1 heterocycles. The molecule has 3 unspecified atom stereocenters. The summed E-state index contributed by atoms with van der Waals surface area (Å²) < 4.78 is 0. The van der Waals surface area contributed by atoms with E-state index in [-0.39, 0.29) is 11.8 Å². The number of hydrogen-bond donors (Lipinski definition) is 4. The number of amides is 1. The summed E-state index contributed by atoms with van der Waals surface area (Å²) in [7, 11) is 0. The Morgan fingerprint density at radius 3 is 2.52 bits per heavy atom. The van der Waals surface area contributed by atoms with E-state index >= 15 is 0 Å². The molecule has 3 saturated carbocycles. The van der Waals surface area contributed by atoms with Gasteiger partial charge in [0.25, 0.3) is 5.91 Å². The Balaban J connectivity index is 1.53. The minimum Gasteiger partial charge on any atom is -0.480 e. The molecule has 1 aromatic rings. The molecule has 3 aliphatic carbocycles. The van der Waals surface area contributed by atoms with Gasteiger partial charge in [-0.3, -0.25) is 25.1 Å². The number of carboxylic acid groups (broad SMARTS) is 1. The highest BCUT2D eigenvalue weighted by molar-refractivity contribution is 5.90. The topological polar surface area (TPSA) is 112 Å². The third-order valence-electron chi connectivity index (χ3n) is 7.87. The van der Waals surface area contributed by atoms with Gasteiger partial charge in [-0.2, -0.15) is 0 Å². The smallest absolute Gasteiger partial charge is 0.324 e. The van der Waals surface area contributed by atoms with Crippen molar-refractivity contribution < 1.29 is 19.9 Å². The van der Waals surface area contributed by atoms with Gasteiger partial charge in [0.15, 0.2) is 0 Å². The van der Waals surface area contributed by atoms with E-state index in [0.29, 0.717) is 24.1 Å². The number of carboxylic acids is 1. The van der Waals surface area contributed by atoms with Crippen molar-refractivity contribution in [3.8, 4) is 0 Å². The number of carbonyl (C=O) groups is 2. The molecule has 4 N–H and O–H groups in total. The highest BCUT2D eigenvalue weighted by atomic mass is 16.5. The Morgan fingerprint density at radius 1 is 1.13 bits per heavy atom. The first-order valence-electron chi connectivity index (χ1n) is 11.6. The van der Waals surface area contributed by atoms with Gasteiger partial charge in [0, 0.05) is 18.8 Å². The van der Waals surface area contributed by atoms with Crippen LogP contribution in [0, 0.1) is 23.7 Å². The van der Waals surface area contributed by atoms with Crippen molar-refractivity contribution in [2.75, 3.05) is 0 Å². The Kier molecular flexibility index (Phi) is 6.72. The van der Waals surface area contributed by atoms with Crippen LogP contribution in [0.5, 0.6) is 0 Å². The standard InChI is InChI=1S/C24H33N3O4/c28-22(27-31)11-10-20-9-7-17(14-25-20)15-26-24(23(29)30,19-4-2-1-3-5-19)21-13-16-6-8-18(21)12-16/h7,9-11,14,16,18-19,21,26,31H,1-6,8,12-13,15H2,(H,27,28)(H,29,30)/b11-10+/t16?,18?,21?,24-/m0/s1. The maximum Gasteiger partial charge on any atom is 0.324 e. The number of fused-ring (bicyclic) bond motifs is 2. The van der Waals surface area contributed by atoms with Crippen LogP contribution in [0.4, 0.5) is 0 Å².